The van der Waals surface area contributed by atoms with E-state index in [1.807, 2.05) is 30.3 Å². The average Bonchev–Trinajstić information content (AvgIpc) is 2.60. The van der Waals surface area contributed by atoms with Gasteiger partial charge in [0.1, 0.15) is 12.4 Å². The van der Waals surface area contributed by atoms with Gasteiger partial charge in [-0.05, 0) is 11.6 Å². The maximum absolute atomic E-state index is 12.0. The van der Waals surface area contributed by atoms with Gasteiger partial charge in [0.2, 0.25) is 0 Å². The lowest BCUT2D eigenvalue weighted by molar-refractivity contribution is -0.137. The van der Waals surface area contributed by atoms with Crippen LogP contribution in [0.4, 0.5) is 4.79 Å². The molecule has 2 aromatic carbocycles. The quantitative estimate of drug-likeness (QED) is 0.815. The van der Waals surface area contributed by atoms with Crippen molar-refractivity contribution in [3.8, 4) is 5.75 Å². The first-order valence-corrected chi connectivity index (χ1v) is 7.42. The van der Waals surface area contributed by atoms with Gasteiger partial charge >= 0.3 is 12.1 Å². The topological polar surface area (TPSA) is 84.9 Å². The number of benzene rings is 2. The number of carbonyl (C=O) groups excluding carboxylic acids is 1. The number of aliphatic carboxylic acids is 1. The van der Waals surface area contributed by atoms with E-state index in [4.69, 9.17) is 14.6 Å². The minimum atomic E-state index is -1.03. The van der Waals surface area contributed by atoms with Gasteiger partial charge in [0.25, 0.3) is 0 Å². The van der Waals surface area contributed by atoms with Crippen LogP contribution >= 0.6 is 0 Å². The standard InChI is InChI=1S/C18H19NO5/c1-23-16-10-6-5-9-14(16)15(11-17(20)21)19-18(22)24-12-13-7-3-2-4-8-13/h2-10,15H,11-12H2,1H3,(H,19,22)(H,20,21). The van der Waals surface area contributed by atoms with Crippen LogP contribution in [0.1, 0.15) is 23.6 Å². The fraction of sp³-hybridized carbons (Fsp3) is 0.222. The Morgan fingerprint density at radius 3 is 2.42 bits per heavy atom. The number of nitrogens with one attached hydrogen (secondary N) is 1. The molecular weight excluding hydrogens is 310 g/mol. The Bertz CT molecular complexity index is 687. The molecule has 0 heterocycles. The molecule has 0 bridgehead atoms. The zero-order chi connectivity index (χ0) is 17.4. The van der Waals surface area contributed by atoms with E-state index in [2.05, 4.69) is 5.32 Å². The Labute approximate surface area is 140 Å². The van der Waals surface area contributed by atoms with Crippen molar-refractivity contribution in [3.05, 3.63) is 65.7 Å². The number of methoxy groups -OCH3 is 1. The van der Waals surface area contributed by atoms with E-state index < -0.39 is 18.1 Å². The number of carbonyl (C=O) groups is 2. The number of hydrogen-bond donors (Lipinski definition) is 2. The summed E-state index contributed by atoms with van der Waals surface area (Å²) in [5.74, 6) is -0.527. The number of ether oxygens (including phenoxy) is 2. The van der Waals surface area contributed by atoms with Crippen molar-refractivity contribution in [2.45, 2.75) is 19.1 Å². The van der Waals surface area contributed by atoms with Crippen LogP contribution in [0.5, 0.6) is 5.75 Å². The predicted molar refractivity (Wildman–Crippen MR) is 87.8 cm³/mol. The minimum Gasteiger partial charge on any atom is -0.496 e. The molecule has 0 fully saturated rings. The molecule has 1 atom stereocenters. The van der Waals surface area contributed by atoms with E-state index in [1.165, 1.54) is 7.11 Å². The summed E-state index contributed by atoms with van der Waals surface area (Å²) in [6, 6.07) is 15.4. The van der Waals surface area contributed by atoms with Crippen molar-refractivity contribution in [1.29, 1.82) is 0 Å². The molecule has 6 heteroatoms. The van der Waals surface area contributed by atoms with E-state index in [9.17, 15) is 9.59 Å². The number of hydrogen-bond acceptors (Lipinski definition) is 4. The molecule has 6 nitrogen and oxygen atoms in total. The van der Waals surface area contributed by atoms with Gasteiger partial charge in [0.15, 0.2) is 0 Å². The van der Waals surface area contributed by atoms with Gasteiger partial charge in [0.05, 0.1) is 19.6 Å². The maximum Gasteiger partial charge on any atom is 0.407 e. The summed E-state index contributed by atoms with van der Waals surface area (Å²) in [4.78, 5) is 23.1. The van der Waals surface area contributed by atoms with Crippen LogP contribution in [-0.4, -0.2) is 24.3 Å². The van der Waals surface area contributed by atoms with Gasteiger partial charge in [-0.1, -0.05) is 48.5 Å². The first-order chi connectivity index (χ1) is 11.6. The molecule has 2 N–H and O–H groups in total. The Balaban J connectivity index is 2.05. The molecule has 2 aromatic rings. The highest BCUT2D eigenvalue weighted by molar-refractivity contribution is 5.72. The summed E-state index contributed by atoms with van der Waals surface area (Å²) < 4.78 is 10.4. The van der Waals surface area contributed by atoms with Crippen LogP contribution in [0.3, 0.4) is 0 Å². The second kappa shape index (κ2) is 8.57. The highest BCUT2D eigenvalue weighted by atomic mass is 16.5. The summed E-state index contributed by atoms with van der Waals surface area (Å²) in [6.45, 7) is 0.110. The molecule has 0 spiro atoms. The Kier molecular flexibility index (Phi) is 6.19. The molecule has 1 unspecified atom stereocenters. The summed E-state index contributed by atoms with van der Waals surface area (Å²) in [5, 5.41) is 11.7. The number of amides is 1. The maximum atomic E-state index is 12.0. The third-order valence-electron chi connectivity index (χ3n) is 3.40. The Morgan fingerprint density at radius 2 is 1.75 bits per heavy atom. The van der Waals surface area contributed by atoms with Crippen molar-refractivity contribution in [3.63, 3.8) is 0 Å². The molecule has 0 saturated heterocycles. The van der Waals surface area contributed by atoms with Crippen LogP contribution in [0, 0.1) is 0 Å². The van der Waals surface area contributed by atoms with E-state index in [0.717, 1.165) is 5.56 Å². The lowest BCUT2D eigenvalue weighted by Gasteiger charge is -2.19. The first-order valence-electron chi connectivity index (χ1n) is 7.42. The van der Waals surface area contributed by atoms with Crippen molar-refractivity contribution in [1.82, 2.24) is 5.32 Å². The second-order valence-electron chi connectivity index (χ2n) is 5.10. The molecule has 24 heavy (non-hydrogen) atoms. The fourth-order valence-corrected chi connectivity index (χ4v) is 2.27. The SMILES string of the molecule is COc1ccccc1C(CC(=O)O)NC(=O)OCc1ccccc1. The Morgan fingerprint density at radius 1 is 1.08 bits per heavy atom. The Hall–Kier alpha value is -3.02. The van der Waals surface area contributed by atoms with E-state index in [0.29, 0.717) is 11.3 Å². The summed E-state index contributed by atoms with van der Waals surface area (Å²) in [7, 11) is 1.49. The molecule has 0 aromatic heterocycles. The van der Waals surface area contributed by atoms with Crippen LogP contribution < -0.4 is 10.1 Å². The van der Waals surface area contributed by atoms with Crippen molar-refractivity contribution in [2.24, 2.45) is 0 Å². The van der Waals surface area contributed by atoms with Gasteiger partial charge < -0.3 is 19.9 Å². The predicted octanol–water partition coefficient (Wildman–Crippen LogP) is 3.14. The molecule has 0 saturated carbocycles. The third-order valence-corrected chi connectivity index (χ3v) is 3.40. The van der Waals surface area contributed by atoms with Gasteiger partial charge in [-0.15, -0.1) is 0 Å². The van der Waals surface area contributed by atoms with Gasteiger partial charge in [-0.2, -0.15) is 0 Å². The largest absolute Gasteiger partial charge is 0.496 e. The van der Waals surface area contributed by atoms with Crippen LogP contribution in [-0.2, 0) is 16.1 Å². The smallest absolute Gasteiger partial charge is 0.407 e. The van der Waals surface area contributed by atoms with E-state index in [1.54, 1.807) is 24.3 Å². The van der Waals surface area contributed by atoms with Crippen LogP contribution in [0.15, 0.2) is 54.6 Å². The minimum absolute atomic E-state index is 0.110. The lowest BCUT2D eigenvalue weighted by atomic mass is 10.0. The number of carboxylic acid groups (broad SMARTS) is 1. The zero-order valence-corrected chi connectivity index (χ0v) is 13.3. The zero-order valence-electron chi connectivity index (χ0n) is 13.3. The molecular formula is C18H19NO5. The van der Waals surface area contributed by atoms with Crippen molar-refractivity contribution >= 4 is 12.1 Å². The third kappa shape index (κ3) is 5.01. The summed E-state index contributed by atoms with van der Waals surface area (Å²) in [6.07, 6.45) is -0.961. The molecule has 0 aliphatic carbocycles. The highest BCUT2D eigenvalue weighted by Gasteiger charge is 2.21. The normalized spacial score (nSPS) is 11.4. The first kappa shape index (κ1) is 17.3. The molecule has 1 amide bonds. The van der Waals surface area contributed by atoms with E-state index in [-0.39, 0.29) is 13.0 Å². The average molecular weight is 329 g/mol. The molecule has 2 rings (SSSR count). The number of alkyl carbamates (subject to hydrolysis) is 1. The van der Waals surface area contributed by atoms with Crippen LogP contribution in [0.25, 0.3) is 0 Å². The van der Waals surface area contributed by atoms with Crippen LogP contribution in [0.2, 0.25) is 0 Å². The number of para-hydroxylation sites is 1. The monoisotopic (exact) mass is 329 g/mol. The molecule has 0 radical (unpaired) electrons. The lowest BCUT2D eigenvalue weighted by Crippen LogP contribution is -2.31. The summed E-state index contributed by atoms with van der Waals surface area (Å²) in [5.41, 5.74) is 1.43. The highest BCUT2D eigenvalue weighted by Crippen LogP contribution is 2.27. The van der Waals surface area contributed by atoms with Gasteiger partial charge in [-0.3, -0.25) is 4.79 Å². The second-order valence-corrected chi connectivity index (χ2v) is 5.10. The molecule has 0 aliphatic rings. The van der Waals surface area contributed by atoms with Gasteiger partial charge in [-0.25, -0.2) is 4.79 Å². The summed E-state index contributed by atoms with van der Waals surface area (Å²) >= 11 is 0. The fourth-order valence-electron chi connectivity index (χ4n) is 2.27. The van der Waals surface area contributed by atoms with E-state index >= 15 is 0 Å². The van der Waals surface area contributed by atoms with Crippen molar-refractivity contribution in [2.75, 3.05) is 7.11 Å². The van der Waals surface area contributed by atoms with Gasteiger partial charge in [0, 0.05) is 5.56 Å². The van der Waals surface area contributed by atoms with Crippen molar-refractivity contribution < 1.29 is 24.2 Å². The molecule has 126 valence electrons. The number of rotatable bonds is 7. The number of carboxylic acids is 1. The molecule has 0 aliphatic heterocycles.